The van der Waals surface area contributed by atoms with Gasteiger partial charge in [0.25, 0.3) is 0 Å². The molecule has 3 heteroatoms. The van der Waals surface area contributed by atoms with Crippen LogP contribution < -0.4 is 0 Å². The van der Waals surface area contributed by atoms with Crippen molar-refractivity contribution >= 4 is 20.6 Å². The molecule has 0 fully saturated rings. The molecule has 0 bridgehead atoms. The van der Waals surface area contributed by atoms with Crippen molar-refractivity contribution < 1.29 is 4.21 Å². The molecule has 0 aromatic carbocycles. The van der Waals surface area contributed by atoms with Crippen LogP contribution in [0.15, 0.2) is 11.0 Å². The maximum atomic E-state index is 10.5. The maximum absolute atomic E-state index is 10.5. The van der Waals surface area contributed by atoms with Crippen LogP contribution in [-0.2, 0) is 9.83 Å². The summed E-state index contributed by atoms with van der Waals surface area (Å²) in [5, 5.41) is 0. The van der Waals surface area contributed by atoms with Crippen LogP contribution >= 0.6 is 10.8 Å². The molecule has 42 valence electrons. The van der Waals surface area contributed by atoms with E-state index in [-0.39, 0.29) is 0 Å². The molecule has 1 atom stereocenters. The minimum atomic E-state index is -0.771. The maximum Gasteiger partial charge on any atom is 0.0898 e. The molecule has 0 aliphatic carbocycles. The molecule has 0 saturated carbocycles. The van der Waals surface area contributed by atoms with Crippen molar-refractivity contribution in [1.29, 1.82) is 0 Å². The Morgan fingerprint density at radius 1 is 2.00 bits per heavy atom. The van der Waals surface area contributed by atoms with Crippen molar-refractivity contribution in [3.8, 4) is 12.3 Å². The average Bonchev–Trinajstić information content (AvgIpc) is 2.14. The third-order valence-electron chi connectivity index (χ3n) is 0.730. The Bertz CT molecular complexity index is 187. The van der Waals surface area contributed by atoms with E-state index in [1.807, 2.05) is 6.08 Å². The van der Waals surface area contributed by atoms with Crippen molar-refractivity contribution in [2.75, 3.05) is 5.75 Å². The molecule has 0 saturated heterocycles. The van der Waals surface area contributed by atoms with Crippen LogP contribution in [0.5, 0.6) is 0 Å². The highest BCUT2D eigenvalue weighted by molar-refractivity contribution is 8.71. The molecular formula is C5H4OS2. The van der Waals surface area contributed by atoms with Gasteiger partial charge in [0, 0.05) is 0 Å². The summed E-state index contributed by atoms with van der Waals surface area (Å²) in [4.78, 5) is 0.809. The fraction of sp³-hybridized carbons (Fsp3) is 0.200. The van der Waals surface area contributed by atoms with Crippen molar-refractivity contribution in [2.45, 2.75) is 0 Å². The lowest BCUT2D eigenvalue weighted by atomic mass is 10.5. The van der Waals surface area contributed by atoms with Gasteiger partial charge in [0.05, 0.1) is 20.5 Å². The van der Waals surface area contributed by atoms with Gasteiger partial charge in [-0.1, -0.05) is 5.92 Å². The van der Waals surface area contributed by atoms with E-state index in [9.17, 15) is 4.21 Å². The van der Waals surface area contributed by atoms with Crippen molar-refractivity contribution in [2.24, 2.45) is 0 Å². The summed E-state index contributed by atoms with van der Waals surface area (Å²) < 4.78 is 10.5. The van der Waals surface area contributed by atoms with Gasteiger partial charge in [-0.15, -0.1) is 6.42 Å². The summed E-state index contributed by atoms with van der Waals surface area (Å²) in [6, 6.07) is 0. The van der Waals surface area contributed by atoms with E-state index >= 15 is 0 Å². The summed E-state index contributed by atoms with van der Waals surface area (Å²) in [7, 11) is 0.492. The van der Waals surface area contributed by atoms with Gasteiger partial charge in [0.2, 0.25) is 0 Å². The normalized spacial score (nSPS) is 26.9. The molecule has 0 radical (unpaired) electrons. The lowest BCUT2D eigenvalue weighted by Gasteiger charge is -1.80. The lowest BCUT2D eigenvalue weighted by Crippen LogP contribution is -1.75. The predicted molar refractivity (Wildman–Crippen MR) is 37.5 cm³/mol. The van der Waals surface area contributed by atoms with Crippen LogP contribution in [0.4, 0.5) is 0 Å². The van der Waals surface area contributed by atoms with Crippen LogP contribution in [0.2, 0.25) is 0 Å². The zero-order chi connectivity index (χ0) is 5.98. The van der Waals surface area contributed by atoms with Crippen molar-refractivity contribution in [1.82, 2.24) is 0 Å². The fourth-order valence-corrected chi connectivity index (χ4v) is 2.63. The van der Waals surface area contributed by atoms with E-state index in [2.05, 4.69) is 5.92 Å². The zero-order valence-corrected chi connectivity index (χ0v) is 5.72. The molecule has 1 nitrogen and oxygen atoms in total. The quantitative estimate of drug-likeness (QED) is 0.371. The summed E-state index contributed by atoms with van der Waals surface area (Å²) >= 11 is 0. The summed E-state index contributed by atoms with van der Waals surface area (Å²) in [5.74, 6) is 3.04. The number of allylic oxidation sites excluding steroid dienone is 1. The van der Waals surface area contributed by atoms with E-state index in [1.54, 1.807) is 0 Å². The minimum Gasteiger partial charge on any atom is -0.247 e. The third-order valence-corrected chi connectivity index (χ3v) is 3.32. The second-order valence-electron chi connectivity index (χ2n) is 1.27. The smallest absolute Gasteiger partial charge is 0.0898 e. The van der Waals surface area contributed by atoms with E-state index in [4.69, 9.17) is 6.42 Å². The molecule has 1 rings (SSSR count). The zero-order valence-electron chi connectivity index (χ0n) is 4.09. The highest BCUT2D eigenvalue weighted by Gasteiger charge is 2.08. The molecule has 0 spiro atoms. The predicted octanol–water partition coefficient (Wildman–Crippen LogP) is 0.914. The minimum absolute atomic E-state index is 0.615. The van der Waals surface area contributed by atoms with Crippen LogP contribution in [0, 0.1) is 12.3 Å². The first-order valence-electron chi connectivity index (χ1n) is 2.06. The summed E-state index contributed by atoms with van der Waals surface area (Å²) in [5.41, 5.74) is 0. The first kappa shape index (κ1) is 5.93. The highest BCUT2D eigenvalue weighted by Crippen LogP contribution is 2.25. The Balaban J connectivity index is 2.66. The van der Waals surface area contributed by atoms with Crippen LogP contribution in [0.3, 0.4) is 0 Å². The van der Waals surface area contributed by atoms with E-state index in [0.29, 0.717) is 5.75 Å². The van der Waals surface area contributed by atoms with Crippen molar-refractivity contribution in [3.63, 3.8) is 0 Å². The number of hydrogen-bond donors (Lipinski definition) is 0. The Labute approximate surface area is 54.4 Å². The van der Waals surface area contributed by atoms with Crippen LogP contribution in [0.25, 0.3) is 0 Å². The molecular weight excluding hydrogens is 140 g/mol. The Kier molecular flexibility index (Phi) is 1.77. The molecule has 0 aromatic rings. The van der Waals surface area contributed by atoms with Crippen LogP contribution in [0.1, 0.15) is 0 Å². The fourth-order valence-electron chi connectivity index (χ4n) is 0.395. The molecule has 1 aliphatic heterocycles. The largest absolute Gasteiger partial charge is 0.247 e. The average molecular weight is 144 g/mol. The summed E-state index contributed by atoms with van der Waals surface area (Å²) in [6.45, 7) is 0. The molecule has 0 N–H and O–H groups in total. The molecule has 1 aliphatic rings. The monoisotopic (exact) mass is 144 g/mol. The van der Waals surface area contributed by atoms with Gasteiger partial charge < -0.3 is 0 Å². The lowest BCUT2D eigenvalue weighted by molar-refractivity contribution is 0.693. The second kappa shape index (κ2) is 2.38. The third kappa shape index (κ3) is 1.15. The van der Waals surface area contributed by atoms with Crippen molar-refractivity contribution in [3.05, 3.63) is 11.0 Å². The Morgan fingerprint density at radius 3 is 3.00 bits per heavy atom. The first-order valence-corrected chi connectivity index (χ1v) is 4.71. The standard InChI is InChI=1S/C5H4OS2/c1-2-5-3-4-8(6)7-5/h1,3H,4H2. The summed E-state index contributed by atoms with van der Waals surface area (Å²) in [6.07, 6.45) is 6.84. The van der Waals surface area contributed by atoms with Crippen LogP contribution in [-0.4, -0.2) is 9.96 Å². The van der Waals surface area contributed by atoms with E-state index < -0.39 is 9.83 Å². The highest BCUT2D eigenvalue weighted by atomic mass is 33.1. The first-order chi connectivity index (χ1) is 3.83. The molecule has 1 heterocycles. The number of rotatable bonds is 0. The number of terminal acetylenes is 1. The molecule has 1 unspecified atom stereocenters. The van der Waals surface area contributed by atoms with Gasteiger partial charge in [0.1, 0.15) is 0 Å². The van der Waals surface area contributed by atoms with Gasteiger partial charge >= 0.3 is 0 Å². The second-order valence-corrected chi connectivity index (χ2v) is 4.43. The van der Waals surface area contributed by atoms with Gasteiger partial charge in [0.15, 0.2) is 0 Å². The SMILES string of the molecule is C#CC1=CCS(=O)S1. The van der Waals surface area contributed by atoms with E-state index in [1.165, 1.54) is 10.8 Å². The molecule has 0 aromatic heterocycles. The van der Waals surface area contributed by atoms with Gasteiger partial charge in [-0.3, -0.25) is 0 Å². The molecule has 0 amide bonds. The Hall–Kier alpha value is -0.200. The van der Waals surface area contributed by atoms with Gasteiger partial charge in [-0.05, 0) is 16.9 Å². The number of hydrogen-bond acceptors (Lipinski definition) is 2. The van der Waals surface area contributed by atoms with Gasteiger partial charge in [-0.2, -0.15) is 0 Å². The van der Waals surface area contributed by atoms with E-state index in [0.717, 1.165) is 4.91 Å². The molecule has 8 heavy (non-hydrogen) atoms. The topological polar surface area (TPSA) is 17.1 Å². The Morgan fingerprint density at radius 2 is 2.75 bits per heavy atom. The van der Waals surface area contributed by atoms with Gasteiger partial charge in [-0.25, -0.2) is 4.21 Å².